The number of anilines is 1. The van der Waals surface area contributed by atoms with Crippen LogP contribution in [-0.2, 0) is 4.79 Å². The van der Waals surface area contributed by atoms with Gasteiger partial charge in [-0.25, -0.2) is 0 Å². The van der Waals surface area contributed by atoms with E-state index in [-0.39, 0.29) is 11.9 Å². The Kier molecular flexibility index (Phi) is 5.31. The van der Waals surface area contributed by atoms with Crippen LogP contribution in [-0.4, -0.2) is 31.6 Å². The highest BCUT2D eigenvalue weighted by molar-refractivity contribution is 6.31. The number of amides is 1. The molecule has 0 spiro atoms. The van der Waals surface area contributed by atoms with Crippen molar-refractivity contribution < 1.29 is 9.53 Å². The molecule has 0 bridgehead atoms. The number of nitrogens with one attached hydrogen (secondary N) is 1. The van der Waals surface area contributed by atoms with Crippen molar-refractivity contribution in [2.45, 2.75) is 57.0 Å². The number of rotatable bonds is 3. The second-order valence-electron chi connectivity index (χ2n) is 6.65. The first-order chi connectivity index (χ1) is 11.1. The molecular formula is C18H25ClN2O2. The number of nitrogens with zero attached hydrogens (tertiary/aromatic N) is 1. The second-order valence-corrected chi connectivity index (χ2v) is 7.08. The van der Waals surface area contributed by atoms with E-state index in [0.717, 1.165) is 24.3 Å². The third-order valence-corrected chi connectivity index (χ3v) is 5.16. The van der Waals surface area contributed by atoms with Crippen molar-refractivity contribution in [1.29, 1.82) is 0 Å². The molecule has 1 amide bonds. The van der Waals surface area contributed by atoms with Gasteiger partial charge in [-0.05, 0) is 31.0 Å². The van der Waals surface area contributed by atoms with Crippen molar-refractivity contribution in [1.82, 2.24) is 5.32 Å². The molecule has 0 aromatic heterocycles. The minimum atomic E-state index is 0.0479. The van der Waals surface area contributed by atoms with Gasteiger partial charge in [0, 0.05) is 18.1 Å². The molecule has 0 unspecified atom stereocenters. The number of hydrogen-bond donors (Lipinski definition) is 1. The lowest BCUT2D eigenvalue weighted by molar-refractivity contribution is -0.122. The highest BCUT2D eigenvalue weighted by atomic mass is 35.5. The summed E-state index contributed by atoms with van der Waals surface area (Å²) in [6, 6.07) is 6.00. The van der Waals surface area contributed by atoms with Crippen molar-refractivity contribution in [3.8, 4) is 5.75 Å². The Morgan fingerprint density at radius 2 is 2.04 bits per heavy atom. The molecule has 1 aromatic rings. The third-order valence-electron chi connectivity index (χ3n) is 4.92. The average molecular weight is 337 g/mol. The number of ether oxygens (including phenoxy) is 1. The van der Waals surface area contributed by atoms with Crippen LogP contribution in [0.25, 0.3) is 0 Å². The number of carbonyl (C=O) groups excluding carboxylic acids is 1. The number of benzene rings is 1. The monoisotopic (exact) mass is 336 g/mol. The summed E-state index contributed by atoms with van der Waals surface area (Å²) >= 11 is 6.08. The summed E-state index contributed by atoms with van der Waals surface area (Å²) in [4.78, 5) is 14.5. The SMILES string of the molecule is CN1c2cc(Cl)ccc2OC[C@@H]1CC(=O)NC1CCCCCC1. The molecule has 1 fully saturated rings. The number of likely N-dealkylation sites (N-methyl/N-ethyl adjacent to an activating group) is 1. The number of hydrogen-bond acceptors (Lipinski definition) is 3. The maximum atomic E-state index is 12.4. The van der Waals surface area contributed by atoms with Gasteiger partial charge < -0.3 is 15.0 Å². The highest BCUT2D eigenvalue weighted by Gasteiger charge is 2.27. The van der Waals surface area contributed by atoms with Gasteiger partial charge in [0.25, 0.3) is 0 Å². The Morgan fingerprint density at radius 1 is 1.30 bits per heavy atom. The zero-order chi connectivity index (χ0) is 16.2. The maximum Gasteiger partial charge on any atom is 0.222 e. The van der Waals surface area contributed by atoms with Crippen molar-refractivity contribution in [2.24, 2.45) is 0 Å². The Labute approximate surface area is 143 Å². The molecule has 5 heteroatoms. The third kappa shape index (κ3) is 4.11. The number of halogens is 1. The molecule has 1 aromatic carbocycles. The molecule has 126 valence electrons. The Bertz CT molecular complexity index is 556. The van der Waals surface area contributed by atoms with E-state index in [1.807, 2.05) is 25.2 Å². The smallest absolute Gasteiger partial charge is 0.222 e. The molecule has 1 atom stereocenters. The Morgan fingerprint density at radius 3 is 2.78 bits per heavy atom. The zero-order valence-electron chi connectivity index (χ0n) is 13.7. The van der Waals surface area contributed by atoms with Crippen LogP contribution in [0, 0.1) is 0 Å². The first-order valence-electron chi connectivity index (χ1n) is 8.58. The summed E-state index contributed by atoms with van der Waals surface area (Å²) in [6.45, 7) is 0.531. The summed E-state index contributed by atoms with van der Waals surface area (Å²) in [5.41, 5.74) is 0.955. The molecule has 2 aliphatic rings. The summed E-state index contributed by atoms with van der Waals surface area (Å²) in [7, 11) is 2.00. The van der Waals surface area contributed by atoms with E-state index in [0.29, 0.717) is 24.1 Å². The molecular weight excluding hydrogens is 312 g/mol. The summed E-state index contributed by atoms with van der Waals surface area (Å²) < 4.78 is 5.79. The van der Waals surface area contributed by atoms with E-state index in [1.54, 1.807) is 0 Å². The van der Waals surface area contributed by atoms with Crippen molar-refractivity contribution in [3.63, 3.8) is 0 Å². The van der Waals surface area contributed by atoms with Gasteiger partial charge in [-0.15, -0.1) is 0 Å². The maximum absolute atomic E-state index is 12.4. The van der Waals surface area contributed by atoms with E-state index in [2.05, 4.69) is 10.2 Å². The fraction of sp³-hybridized carbons (Fsp3) is 0.611. The van der Waals surface area contributed by atoms with Gasteiger partial charge in [-0.2, -0.15) is 0 Å². The van der Waals surface area contributed by atoms with E-state index >= 15 is 0 Å². The molecule has 1 aliphatic carbocycles. The molecule has 1 aliphatic heterocycles. The van der Waals surface area contributed by atoms with Crippen LogP contribution >= 0.6 is 11.6 Å². The summed E-state index contributed by atoms with van der Waals surface area (Å²) in [6.07, 6.45) is 7.72. The van der Waals surface area contributed by atoms with Crippen LogP contribution in [0.15, 0.2) is 18.2 Å². The summed E-state index contributed by atoms with van der Waals surface area (Å²) in [5, 5.41) is 3.90. The number of carbonyl (C=O) groups is 1. The van der Waals surface area contributed by atoms with Gasteiger partial charge in [0.1, 0.15) is 12.4 Å². The fourth-order valence-corrected chi connectivity index (χ4v) is 3.67. The van der Waals surface area contributed by atoms with Gasteiger partial charge in [-0.3, -0.25) is 4.79 Å². The van der Waals surface area contributed by atoms with E-state index < -0.39 is 0 Å². The number of fused-ring (bicyclic) bond motifs is 1. The minimum absolute atomic E-state index is 0.0479. The van der Waals surface area contributed by atoms with Crippen molar-refractivity contribution >= 4 is 23.2 Å². The standard InChI is InChI=1S/C18H25ClN2O2/c1-21-15(12-23-17-9-8-13(19)10-16(17)21)11-18(22)20-14-6-4-2-3-5-7-14/h8-10,14-15H,2-7,11-12H2,1H3,(H,20,22)/t15-/m0/s1. The predicted molar refractivity (Wildman–Crippen MR) is 93.4 cm³/mol. The lowest BCUT2D eigenvalue weighted by atomic mass is 10.1. The van der Waals surface area contributed by atoms with Gasteiger partial charge in [0.15, 0.2) is 0 Å². The molecule has 0 saturated heterocycles. The molecule has 1 saturated carbocycles. The Balaban J connectivity index is 1.58. The predicted octanol–water partition coefficient (Wildman–Crippen LogP) is 3.77. The quantitative estimate of drug-likeness (QED) is 0.854. The van der Waals surface area contributed by atoms with Crippen LogP contribution in [0.2, 0.25) is 5.02 Å². The van der Waals surface area contributed by atoms with Crippen LogP contribution < -0.4 is 15.0 Å². The minimum Gasteiger partial charge on any atom is -0.489 e. The first-order valence-corrected chi connectivity index (χ1v) is 8.96. The lowest BCUT2D eigenvalue weighted by Crippen LogP contribution is -2.45. The lowest BCUT2D eigenvalue weighted by Gasteiger charge is -2.35. The zero-order valence-corrected chi connectivity index (χ0v) is 14.4. The topological polar surface area (TPSA) is 41.6 Å². The van der Waals surface area contributed by atoms with E-state index in [9.17, 15) is 4.79 Å². The molecule has 0 radical (unpaired) electrons. The molecule has 3 rings (SSSR count). The summed E-state index contributed by atoms with van der Waals surface area (Å²) in [5.74, 6) is 0.958. The van der Waals surface area contributed by atoms with Gasteiger partial charge >= 0.3 is 0 Å². The fourth-order valence-electron chi connectivity index (χ4n) is 3.50. The van der Waals surface area contributed by atoms with E-state index in [1.165, 1.54) is 25.7 Å². The van der Waals surface area contributed by atoms with E-state index in [4.69, 9.17) is 16.3 Å². The van der Waals surface area contributed by atoms with Crippen LogP contribution in [0.1, 0.15) is 44.9 Å². The first kappa shape index (κ1) is 16.4. The van der Waals surface area contributed by atoms with Gasteiger partial charge in [-0.1, -0.05) is 37.3 Å². The molecule has 1 N–H and O–H groups in total. The molecule has 4 nitrogen and oxygen atoms in total. The largest absolute Gasteiger partial charge is 0.489 e. The normalized spacial score (nSPS) is 22.0. The molecule has 1 heterocycles. The van der Waals surface area contributed by atoms with Crippen molar-refractivity contribution in [2.75, 3.05) is 18.6 Å². The van der Waals surface area contributed by atoms with Crippen LogP contribution in [0.5, 0.6) is 5.75 Å². The van der Waals surface area contributed by atoms with Crippen molar-refractivity contribution in [3.05, 3.63) is 23.2 Å². The molecule has 23 heavy (non-hydrogen) atoms. The highest BCUT2D eigenvalue weighted by Crippen LogP contribution is 2.35. The average Bonchev–Trinajstić information content (AvgIpc) is 2.79. The van der Waals surface area contributed by atoms with Gasteiger partial charge in [0.2, 0.25) is 5.91 Å². The second kappa shape index (κ2) is 7.43. The van der Waals surface area contributed by atoms with Gasteiger partial charge in [0.05, 0.1) is 18.2 Å². The van der Waals surface area contributed by atoms with Crippen LogP contribution in [0.4, 0.5) is 5.69 Å². The van der Waals surface area contributed by atoms with Crippen LogP contribution in [0.3, 0.4) is 0 Å². The Hall–Kier alpha value is -1.42.